The molecule has 17 heavy (non-hydrogen) atoms. The van der Waals surface area contributed by atoms with E-state index in [4.69, 9.17) is 0 Å². The minimum Gasteiger partial charge on any atom is -0.343 e. The van der Waals surface area contributed by atoms with Crippen LogP contribution < -0.4 is 5.32 Å². The fraction of sp³-hybridized carbons (Fsp3) is 0.267. The van der Waals surface area contributed by atoms with Crippen LogP contribution in [0.2, 0.25) is 0 Å². The molecule has 0 aromatic heterocycles. The van der Waals surface area contributed by atoms with E-state index in [0.29, 0.717) is 0 Å². The van der Waals surface area contributed by atoms with Crippen LogP contribution in [0, 0.1) is 0 Å². The fourth-order valence-electron chi connectivity index (χ4n) is 1.81. The van der Waals surface area contributed by atoms with Gasteiger partial charge in [0.1, 0.15) is 5.84 Å². The SMILES string of the molecule is C=C(NC1=NC=C(C)C1)c1ccc(CC)cc1. The van der Waals surface area contributed by atoms with Crippen LogP contribution in [0.5, 0.6) is 0 Å². The normalized spacial score (nSPS) is 14.2. The van der Waals surface area contributed by atoms with Gasteiger partial charge in [-0.1, -0.05) is 37.8 Å². The van der Waals surface area contributed by atoms with Crippen LogP contribution >= 0.6 is 0 Å². The summed E-state index contributed by atoms with van der Waals surface area (Å²) in [6, 6.07) is 8.48. The molecule has 0 radical (unpaired) electrons. The maximum absolute atomic E-state index is 4.30. The van der Waals surface area contributed by atoms with Crippen LogP contribution in [0.1, 0.15) is 31.4 Å². The first-order valence-corrected chi connectivity index (χ1v) is 5.96. The third-order valence-corrected chi connectivity index (χ3v) is 2.89. The first-order valence-electron chi connectivity index (χ1n) is 5.96. The van der Waals surface area contributed by atoms with Gasteiger partial charge in [-0.25, -0.2) is 4.99 Å². The van der Waals surface area contributed by atoms with Gasteiger partial charge in [-0.2, -0.15) is 0 Å². The lowest BCUT2D eigenvalue weighted by Crippen LogP contribution is -2.19. The van der Waals surface area contributed by atoms with Crippen molar-refractivity contribution in [1.82, 2.24) is 5.32 Å². The number of benzene rings is 1. The Kier molecular flexibility index (Phi) is 3.43. The first-order chi connectivity index (χ1) is 8.19. The number of hydrogen-bond acceptors (Lipinski definition) is 2. The zero-order valence-corrected chi connectivity index (χ0v) is 10.5. The van der Waals surface area contributed by atoms with Crippen molar-refractivity contribution in [1.29, 1.82) is 0 Å². The summed E-state index contributed by atoms with van der Waals surface area (Å²) < 4.78 is 0. The number of nitrogens with one attached hydrogen (secondary N) is 1. The van der Waals surface area contributed by atoms with Gasteiger partial charge >= 0.3 is 0 Å². The van der Waals surface area contributed by atoms with Gasteiger partial charge in [0, 0.05) is 18.3 Å². The van der Waals surface area contributed by atoms with Crippen molar-refractivity contribution >= 4 is 11.5 Å². The van der Waals surface area contributed by atoms with Crippen molar-refractivity contribution in [3.8, 4) is 0 Å². The van der Waals surface area contributed by atoms with E-state index in [-0.39, 0.29) is 0 Å². The zero-order chi connectivity index (χ0) is 12.3. The Morgan fingerprint density at radius 1 is 1.35 bits per heavy atom. The second-order valence-corrected chi connectivity index (χ2v) is 4.38. The van der Waals surface area contributed by atoms with Crippen LogP contribution in [0.25, 0.3) is 5.70 Å². The van der Waals surface area contributed by atoms with E-state index in [1.807, 2.05) is 6.20 Å². The predicted octanol–water partition coefficient (Wildman–Crippen LogP) is 3.52. The Bertz CT molecular complexity index is 478. The largest absolute Gasteiger partial charge is 0.343 e. The molecular formula is C15H18N2. The minimum absolute atomic E-state index is 0.895. The summed E-state index contributed by atoms with van der Waals surface area (Å²) in [5.41, 5.74) is 4.66. The summed E-state index contributed by atoms with van der Waals surface area (Å²) >= 11 is 0. The standard InChI is InChI=1S/C15H18N2/c1-4-13-5-7-14(8-6-13)12(3)17-15-9-11(2)10-16-15/h5-8,10H,3-4,9H2,1-2H3,(H,16,17). The van der Waals surface area contributed by atoms with Crippen molar-refractivity contribution in [2.45, 2.75) is 26.7 Å². The van der Waals surface area contributed by atoms with Gasteiger partial charge in [-0.15, -0.1) is 0 Å². The van der Waals surface area contributed by atoms with E-state index in [9.17, 15) is 0 Å². The van der Waals surface area contributed by atoms with Gasteiger partial charge in [-0.3, -0.25) is 0 Å². The summed E-state index contributed by atoms with van der Waals surface area (Å²) in [7, 11) is 0. The highest BCUT2D eigenvalue weighted by atomic mass is 15.0. The lowest BCUT2D eigenvalue weighted by Gasteiger charge is -2.10. The molecule has 1 N–H and O–H groups in total. The Morgan fingerprint density at radius 2 is 2.06 bits per heavy atom. The summed E-state index contributed by atoms with van der Waals surface area (Å²) in [5.74, 6) is 0.979. The molecule has 0 saturated heterocycles. The molecule has 1 aliphatic rings. The average Bonchev–Trinajstić information content (AvgIpc) is 2.75. The highest BCUT2D eigenvalue weighted by Gasteiger charge is 2.08. The molecule has 0 unspecified atom stereocenters. The highest BCUT2D eigenvalue weighted by molar-refractivity contribution is 5.93. The molecule has 1 heterocycles. The quantitative estimate of drug-likeness (QED) is 0.838. The summed E-state index contributed by atoms with van der Waals surface area (Å²) in [6.45, 7) is 8.29. The lowest BCUT2D eigenvalue weighted by atomic mass is 10.1. The summed E-state index contributed by atoms with van der Waals surface area (Å²) in [6.07, 6.45) is 3.86. The Morgan fingerprint density at radius 3 is 2.59 bits per heavy atom. The van der Waals surface area contributed by atoms with E-state index in [0.717, 1.165) is 29.9 Å². The molecule has 0 bridgehead atoms. The number of nitrogens with zero attached hydrogens (tertiary/aromatic N) is 1. The van der Waals surface area contributed by atoms with Crippen molar-refractivity contribution in [3.05, 3.63) is 53.7 Å². The van der Waals surface area contributed by atoms with Crippen LogP contribution in [0.15, 0.2) is 47.6 Å². The van der Waals surface area contributed by atoms with E-state index in [1.54, 1.807) is 0 Å². The fourth-order valence-corrected chi connectivity index (χ4v) is 1.81. The van der Waals surface area contributed by atoms with Gasteiger partial charge in [0.25, 0.3) is 0 Å². The van der Waals surface area contributed by atoms with E-state index >= 15 is 0 Å². The number of amidine groups is 1. The Labute approximate surface area is 103 Å². The molecule has 1 aromatic carbocycles. The molecule has 0 aliphatic carbocycles. The molecule has 0 spiro atoms. The molecule has 0 amide bonds. The van der Waals surface area contributed by atoms with Crippen LogP contribution in [0.3, 0.4) is 0 Å². The van der Waals surface area contributed by atoms with Crippen molar-refractivity contribution in [2.24, 2.45) is 4.99 Å². The zero-order valence-electron chi connectivity index (χ0n) is 10.5. The molecular weight excluding hydrogens is 208 g/mol. The van der Waals surface area contributed by atoms with Crippen LogP contribution in [0.4, 0.5) is 0 Å². The first kappa shape index (κ1) is 11.6. The van der Waals surface area contributed by atoms with Gasteiger partial charge in [0.05, 0.1) is 0 Å². The van der Waals surface area contributed by atoms with Crippen molar-refractivity contribution < 1.29 is 0 Å². The molecule has 0 fully saturated rings. The number of aryl methyl sites for hydroxylation is 1. The molecule has 88 valence electrons. The molecule has 1 aromatic rings. The second-order valence-electron chi connectivity index (χ2n) is 4.38. The van der Waals surface area contributed by atoms with E-state index in [1.165, 1.54) is 11.1 Å². The number of aliphatic imine (C=N–C) groups is 1. The van der Waals surface area contributed by atoms with Gasteiger partial charge in [-0.05, 0) is 30.0 Å². The summed E-state index contributed by atoms with van der Waals surface area (Å²) in [5, 5.41) is 3.27. The molecule has 2 heteroatoms. The predicted molar refractivity (Wildman–Crippen MR) is 73.8 cm³/mol. The lowest BCUT2D eigenvalue weighted by molar-refractivity contribution is 1.13. The molecule has 2 rings (SSSR count). The van der Waals surface area contributed by atoms with E-state index < -0.39 is 0 Å². The Hall–Kier alpha value is -1.83. The minimum atomic E-state index is 0.895. The Balaban J connectivity index is 2.00. The smallest absolute Gasteiger partial charge is 0.110 e. The average molecular weight is 226 g/mol. The van der Waals surface area contributed by atoms with Crippen LogP contribution in [-0.2, 0) is 6.42 Å². The van der Waals surface area contributed by atoms with E-state index in [2.05, 4.69) is 55.0 Å². The summed E-state index contributed by atoms with van der Waals surface area (Å²) in [4.78, 5) is 4.30. The number of rotatable bonds is 3. The molecule has 2 nitrogen and oxygen atoms in total. The molecule has 1 aliphatic heterocycles. The third kappa shape index (κ3) is 2.84. The van der Waals surface area contributed by atoms with Gasteiger partial charge < -0.3 is 5.32 Å². The monoisotopic (exact) mass is 226 g/mol. The topological polar surface area (TPSA) is 24.4 Å². The molecule has 0 atom stereocenters. The van der Waals surface area contributed by atoms with Crippen molar-refractivity contribution in [2.75, 3.05) is 0 Å². The number of hydrogen-bond donors (Lipinski definition) is 1. The molecule has 0 saturated carbocycles. The van der Waals surface area contributed by atoms with Gasteiger partial charge in [0.2, 0.25) is 0 Å². The third-order valence-electron chi connectivity index (χ3n) is 2.89. The van der Waals surface area contributed by atoms with Crippen molar-refractivity contribution in [3.63, 3.8) is 0 Å². The maximum Gasteiger partial charge on any atom is 0.110 e. The highest BCUT2D eigenvalue weighted by Crippen LogP contribution is 2.15. The second kappa shape index (κ2) is 5.00. The maximum atomic E-state index is 4.30. The van der Waals surface area contributed by atoms with Crippen LogP contribution in [-0.4, -0.2) is 5.84 Å². The van der Waals surface area contributed by atoms with Gasteiger partial charge in [0.15, 0.2) is 0 Å².